The molecule has 1 atom stereocenters. The molecule has 0 fully saturated rings. The lowest BCUT2D eigenvalue weighted by Crippen LogP contribution is -2.42. The van der Waals surface area contributed by atoms with Crippen LogP contribution in [0, 0.1) is 11.7 Å². The number of hydrogen-bond donors (Lipinski definition) is 1. The van der Waals surface area contributed by atoms with Gasteiger partial charge in [-0.3, -0.25) is 9.59 Å². The summed E-state index contributed by atoms with van der Waals surface area (Å²) < 4.78 is 18.8. The van der Waals surface area contributed by atoms with Crippen LogP contribution in [-0.2, 0) is 16.0 Å². The van der Waals surface area contributed by atoms with Crippen molar-refractivity contribution in [1.29, 1.82) is 0 Å². The van der Waals surface area contributed by atoms with E-state index >= 15 is 0 Å². The van der Waals surface area contributed by atoms with Gasteiger partial charge in [0.2, 0.25) is 11.8 Å². The van der Waals surface area contributed by atoms with E-state index in [9.17, 15) is 14.0 Å². The number of fused-ring (bicyclic) bond motifs is 1. The Bertz CT molecular complexity index is 794. The first-order valence-corrected chi connectivity index (χ1v) is 8.04. The van der Waals surface area contributed by atoms with Crippen LogP contribution in [0.1, 0.15) is 5.56 Å². The molecule has 130 valence electrons. The van der Waals surface area contributed by atoms with Gasteiger partial charge in [0.1, 0.15) is 18.2 Å². The van der Waals surface area contributed by atoms with Crippen molar-refractivity contribution < 1.29 is 18.7 Å². The lowest BCUT2D eigenvalue weighted by molar-refractivity contribution is -0.138. The van der Waals surface area contributed by atoms with E-state index in [1.165, 1.54) is 23.1 Å². The van der Waals surface area contributed by atoms with Crippen molar-refractivity contribution in [3.05, 3.63) is 59.9 Å². The Hall–Kier alpha value is -2.89. The van der Waals surface area contributed by atoms with Crippen molar-refractivity contribution in [2.75, 3.05) is 25.5 Å². The second-order valence-electron chi connectivity index (χ2n) is 6.07. The molecule has 0 saturated carbocycles. The van der Waals surface area contributed by atoms with Crippen LogP contribution < -0.4 is 10.1 Å². The normalized spacial score (nSPS) is 15.7. The second kappa shape index (κ2) is 7.34. The summed E-state index contributed by atoms with van der Waals surface area (Å²) in [6.45, 7) is 0.194. The molecule has 1 aliphatic rings. The summed E-state index contributed by atoms with van der Waals surface area (Å²) in [6, 6.07) is 13.2. The summed E-state index contributed by atoms with van der Waals surface area (Å²) in [6.07, 6.45) is 0.588. The number of carbonyl (C=O) groups excluding carboxylic acids is 2. The molecule has 3 rings (SSSR count). The van der Waals surface area contributed by atoms with E-state index in [0.29, 0.717) is 18.7 Å². The predicted molar refractivity (Wildman–Crippen MR) is 91.8 cm³/mol. The Morgan fingerprint density at radius 3 is 2.84 bits per heavy atom. The molecule has 0 spiro atoms. The van der Waals surface area contributed by atoms with E-state index in [-0.39, 0.29) is 24.3 Å². The fourth-order valence-electron chi connectivity index (χ4n) is 2.86. The number of amides is 2. The number of nitrogens with zero attached hydrogens (tertiary/aromatic N) is 1. The lowest BCUT2D eigenvalue weighted by Gasteiger charge is -2.28. The van der Waals surface area contributed by atoms with Gasteiger partial charge in [-0.05, 0) is 36.2 Å². The van der Waals surface area contributed by atoms with Crippen molar-refractivity contribution in [1.82, 2.24) is 4.90 Å². The Labute approximate surface area is 145 Å². The van der Waals surface area contributed by atoms with Crippen LogP contribution in [0.3, 0.4) is 0 Å². The first-order valence-electron chi connectivity index (χ1n) is 8.04. The highest BCUT2D eigenvalue weighted by molar-refractivity contribution is 5.94. The van der Waals surface area contributed by atoms with Crippen LogP contribution in [0.25, 0.3) is 0 Å². The molecule has 2 amide bonds. The summed E-state index contributed by atoms with van der Waals surface area (Å²) in [5.74, 6) is -0.470. The van der Waals surface area contributed by atoms with Crippen molar-refractivity contribution in [2.45, 2.75) is 6.42 Å². The van der Waals surface area contributed by atoms with E-state index in [1.807, 2.05) is 24.3 Å². The van der Waals surface area contributed by atoms with E-state index in [4.69, 9.17) is 4.74 Å². The summed E-state index contributed by atoms with van der Waals surface area (Å²) in [5.41, 5.74) is 1.35. The number of nitrogens with one attached hydrogen (secondary N) is 1. The molecule has 2 aromatic rings. The number of likely N-dealkylation sites (N-methyl/N-ethyl adjacent to an activating group) is 1. The van der Waals surface area contributed by atoms with E-state index in [1.54, 1.807) is 13.1 Å². The average molecular weight is 342 g/mol. The van der Waals surface area contributed by atoms with E-state index in [0.717, 1.165) is 11.3 Å². The van der Waals surface area contributed by atoms with Gasteiger partial charge in [-0.15, -0.1) is 0 Å². The molecule has 1 unspecified atom stereocenters. The van der Waals surface area contributed by atoms with Crippen molar-refractivity contribution in [2.24, 2.45) is 5.92 Å². The molecule has 5 nitrogen and oxygen atoms in total. The number of ether oxygens (including phenoxy) is 1. The van der Waals surface area contributed by atoms with Gasteiger partial charge in [-0.1, -0.05) is 24.3 Å². The summed E-state index contributed by atoms with van der Waals surface area (Å²) >= 11 is 0. The fourth-order valence-corrected chi connectivity index (χ4v) is 2.86. The quantitative estimate of drug-likeness (QED) is 0.929. The number of benzene rings is 2. The zero-order chi connectivity index (χ0) is 17.8. The van der Waals surface area contributed by atoms with Gasteiger partial charge in [0.25, 0.3) is 0 Å². The largest absolute Gasteiger partial charge is 0.492 e. The van der Waals surface area contributed by atoms with Gasteiger partial charge in [0.15, 0.2) is 0 Å². The Balaban J connectivity index is 1.57. The molecule has 0 radical (unpaired) electrons. The first kappa shape index (κ1) is 17.0. The van der Waals surface area contributed by atoms with Gasteiger partial charge in [0.05, 0.1) is 12.5 Å². The minimum atomic E-state index is -0.430. The topological polar surface area (TPSA) is 58.6 Å². The minimum Gasteiger partial charge on any atom is -0.492 e. The maximum absolute atomic E-state index is 13.1. The highest BCUT2D eigenvalue weighted by Gasteiger charge is 2.28. The molecular weight excluding hydrogens is 323 g/mol. The third kappa shape index (κ3) is 4.15. The monoisotopic (exact) mass is 342 g/mol. The van der Waals surface area contributed by atoms with Gasteiger partial charge in [-0.2, -0.15) is 0 Å². The van der Waals surface area contributed by atoms with Crippen LogP contribution in [0.4, 0.5) is 10.1 Å². The van der Waals surface area contributed by atoms with Gasteiger partial charge in [-0.25, -0.2) is 4.39 Å². The van der Waals surface area contributed by atoms with Gasteiger partial charge < -0.3 is 15.0 Å². The van der Waals surface area contributed by atoms with Crippen LogP contribution in [0.2, 0.25) is 0 Å². The van der Waals surface area contributed by atoms with Gasteiger partial charge in [0, 0.05) is 12.7 Å². The maximum atomic E-state index is 13.1. The molecule has 25 heavy (non-hydrogen) atoms. The highest BCUT2D eigenvalue weighted by atomic mass is 19.1. The molecule has 2 aromatic carbocycles. The molecule has 0 aliphatic carbocycles. The molecule has 0 saturated heterocycles. The van der Waals surface area contributed by atoms with Crippen molar-refractivity contribution in [3.8, 4) is 5.75 Å². The SMILES string of the molecule is CN(CC(=O)Nc1cccc(F)c1)C(=O)C1COc2ccccc2C1. The molecule has 1 N–H and O–H groups in total. The number of rotatable bonds is 4. The number of halogens is 1. The van der Waals surface area contributed by atoms with Crippen molar-refractivity contribution in [3.63, 3.8) is 0 Å². The van der Waals surface area contributed by atoms with Crippen LogP contribution >= 0.6 is 0 Å². The van der Waals surface area contributed by atoms with Crippen LogP contribution in [-0.4, -0.2) is 36.9 Å². The molecule has 1 aliphatic heterocycles. The number of para-hydroxylation sites is 1. The molecule has 1 heterocycles. The Morgan fingerprint density at radius 2 is 2.04 bits per heavy atom. The predicted octanol–water partition coefficient (Wildman–Crippen LogP) is 2.47. The number of anilines is 1. The number of carbonyl (C=O) groups is 2. The third-order valence-corrected chi connectivity index (χ3v) is 4.09. The maximum Gasteiger partial charge on any atom is 0.243 e. The zero-order valence-electron chi connectivity index (χ0n) is 13.9. The minimum absolute atomic E-state index is 0.104. The van der Waals surface area contributed by atoms with Crippen molar-refractivity contribution >= 4 is 17.5 Å². The average Bonchev–Trinajstić information content (AvgIpc) is 2.60. The summed E-state index contributed by atoms with van der Waals surface area (Å²) in [5, 5.41) is 2.58. The first-order chi connectivity index (χ1) is 12.0. The van der Waals surface area contributed by atoms with Crippen LogP contribution in [0.5, 0.6) is 5.75 Å². The van der Waals surface area contributed by atoms with Crippen LogP contribution in [0.15, 0.2) is 48.5 Å². The molecular formula is C19H19FN2O3. The Kier molecular flexibility index (Phi) is 4.97. The standard InChI is InChI=1S/C19H19FN2O3/c1-22(11-18(23)21-16-7-4-6-15(20)10-16)19(24)14-9-13-5-2-3-8-17(13)25-12-14/h2-8,10,14H,9,11-12H2,1H3,(H,21,23). The second-order valence-corrected chi connectivity index (χ2v) is 6.07. The Morgan fingerprint density at radius 1 is 1.24 bits per heavy atom. The molecule has 0 bridgehead atoms. The summed E-state index contributed by atoms with van der Waals surface area (Å²) in [7, 11) is 1.58. The zero-order valence-corrected chi connectivity index (χ0v) is 13.9. The van der Waals surface area contributed by atoms with E-state index < -0.39 is 5.82 Å². The molecule has 0 aromatic heterocycles. The molecule has 6 heteroatoms. The lowest BCUT2D eigenvalue weighted by atomic mass is 9.95. The smallest absolute Gasteiger partial charge is 0.243 e. The number of hydrogen-bond acceptors (Lipinski definition) is 3. The van der Waals surface area contributed by atoms with E-state index in [2.05, 4.69) is 5.32 Å². The highest BCUT2D eigenvalue weighted by Crippen LogP contribution is 2.27. The summed E-state index contributed by atoms with van der Waals surface area (Å²) in [4.78, 5) is 26.0. The third-order valence-electron chi connectivity index (χ3n) is 4.09. The fraction of sp³-hybridized carbons (Fsp3) is 0.263. The van der Waals surface area contributed by atoms with Gasteiger partial charge >= 0.3 is 0 Å².